The predicted octanol–water partition coefficient (Wildman–Crippen LogP) is 3.69. The van der Waals surface area contributed by atoms with Crippen molar-refractivity contribution in [1.82, 2.24) is 5.32 Å². The first-order chi connectivity index (χ1) is 13.9. The highest BCUT2D eigenvalue weighted by Crippen LogP contribution is 2.17. The number of ether oxygens (including phenoxy) is 3. The number of carbonyl (C=O) groups is 2. The molecular formula is C23H29NO5. The van der Waals surface area contributed by atoms with Gasteiger partial charge in [0.15, 0.2) is 13.2 Å². The lowest BCUT2D eigenvalue weighted by atomic mass is 10.00. The van der Waals surface area contributed by atoms with Crippen LogP contribution >= 0.6 is 0 Å². The van der Waals surface area contributed by atoms with Gasteiger partial charge >= 0.3 is 5.97 Å². The average Bonchev–Trinajstić information content (AvgIpc) is 2.71. The summed E-state index contributed by atoms with van der Waals surface area (Å²) in [5.41, 5.74) is 2.27. The zero-order valence-electron chi connectivity index (χ0n) is 17.4. The summed E-state index contributed by atoms with van der Waals surface area (Å²) in [5, 5.41) is 2.83. The maximum Gasteiger partial charge on any atom is 0.344 e. The number of hydrogen-bond donors (Lipinski definition) is 1. The Hall–Kier alpha value is -3.02. The van der Waals surface area contributed by atoms with Crippen molar-refractivity contribution >= 4 is 11.9 Å². The first-order valence-electron chi connectivity index (χ1n) is 9.68. The molecular weight excluding hydrogens is 370 g/mol. The van der Waals surface area contributed by atoms with Crippen LogP contribution in [0.5, 0.6) is 11.5 Å². The highest BCUT2D eigenvalue weighted by molar-refractivity contribution is 5.81. The predicted molar refractivity (Wildman–Crippen MR) is 111 cm³/mol. The molecule has 0 saturated carbocycles. The number of rotatable bonds is 10. The molecule has 0 heterocycles. The van der Waals surface area contributed by atoms with Gasteiger partial charge in [0.1, 0.15) is 11.5 Å². The van der Waals surface area contributed by atoms with E-state index in [0.717, 1.165) is 12.0 Å². The number of benzene rings is 2. The molecule has 0 fully saturated rings. The summed E-state index contributed by atoms with van der Waals surface area (Å²) < 4.78 is 15.3. The second kappa shape index (κ2) is 11.1. The second-order valence-electron chi connectivity index (χ2n) is 7.25. The van der Waals surface area contributed by atoms with Crippen LogP contribution < -0.4 is 14.8 Å². The molecule has 1 atom stereocenters. The van der Waals surface area contributed by atoms with Crippen LogP contribution in [-0.2, 0) is 20.7 Å². The van der Waals surface area contributed by atoms with Gasteiger partial charge < -0.3 is 19.5 Å². The average molecular weight is 399 g/mol. The van der Waals surface area contributed by atoms with E-state index in [4.69, 9.17) is 14.2 Å². The van der Waals surface area contributed by atoms with Crippen LogP contribution in [0, 0.1) is 5.92 Å². The van der Waals surface area contributed by atoms with Gasteiger partial charge in [0.05, 0.1) is 13.2 Å². The van der Waals surface area contributed by atoms with Crippen molar-refractivity contribution in [3.05, 3.63) is 59.7 Å². The van der Waals surface area contributed by atoms with E-state index in [1.54, 1.807) is 31.4 Å². The van der Waals surface area contributed by atoms with Gasteiger partial charge in [-0.25, -0.2) is 4.79 Å². The van der Waals surface area contributed by atoms with Gasteiger partial charge in [0.25, 0.3) is 5.91 Å². The summed E-state index contributed by atoms with van der Waals surface area (Å²) in [6.07, 6.45) is 1.02. The molecule has 0 aliphatic heterocycles. The summed E-state index contributed by atoms with van der Waals surface area (Å²) in [6.45, 7) is 5.64. The van der Waals surface area contributed by atoms with Gasteiger partial charge in [0, 0.05) is 0 Å². The molecule has 0 aliphatic carbocycles. The van der Waals surface area contributed by atoms with Gasteiger partial charge in [-0.1, -0.05) is 38.1 Å². The number of esters is 1. The molecule has 2 aromatic carbocycles. The number of methoxy groups -OCH3 is 1. The van der Waals surface area contributed by atoms with Crippen LogP contribution in [-0.4, -0.2) is 32.2 Å². The maximum absolute atomic E-state index is 12.0. The van der Waals surface area contributed by atoms with Gasteiger partial charge in [-0.15, -0.1) is 0 Å². The molecule has 6 nitrogen and oxygen atoms in total. The summed E-state index contributed by atoms with van der Waals surface area (Å²) in [5.74, 6) is 0.839. The molecule has 2 aromatic rings. The lowest BCUT2D eigenvalue weighted by Gasteiger charge is -2.15. The lowest BCUT2D eigenvalue weighted by Crippen LogP contribution is -2.31. The second-order valence-corrected chi connectivity index (χ2v) is 7.25. The van der Waals surface area contributed by atoms with Crippen LogP contribution in [0.2, 0.25) is 0 Å². The van der Waals surface area contributed by atoms with Gasteiger partial charge in [-0.05, 0) is 54.7 Å². The van der Waals surface area contributed by atoms with Crippen molar-refractivity contribution in [3.8, 4) is 11.5 Å². The van der Waals surface area contributed by atoms with Crippen molar-refractivity contribution in [1.29, 1.82) is 0 Å². The van der Waals surface area contributed by atoms with Crippen LogP contribution in [0.4, 0.5) is 0 Å². The number of hydrogen-bond acceptors (Lipinski definition) is 5. The molecule has 1 N–H and O–H groups in total. The molecule has 0 radical (unpaired) electrons. The van der Waals surface area contributed by atoms with Crippen molar-refractivity contribution in [2.75, 3.05) is 20.3 Å². The van der Waals surface area contributed by atoms with E-state index < -0.39 is 5.97 Å². The monoisotopic (exact) mass is 399 g/mol. The Morgan fingerprint density at radius 2 is 1.52 bits per heavy atom. The molecule has 29 heavy (non-hydrogen) atoms. The molecule has 0 aromatic heterocycles. The van der Waals surface area contributed by atoms with Crippen molar-refractivity contribution in [2.45, 2.75) is 33.2 Å². The van der Waals surface area contributed by atoms with E-state index in [1.165, 1.54) is 5.56 Å². The fourth-order valence-corrected chi connectivity index (χ4v) is 2.78. The number of amides is 1. The van der Waals surface area contributed by atoms with Crippen molar-refractivity contribution in [2.24, 2.45) is 5.92 Å². The van der Waals surface area contributed by atoms with Crippen molar-refractivity contribution in [3.63, 3.8) is 0 Å². The summed E-state index contributed by atoms with van der Waals surface area (Å²) in [7, 11) is 1.57. The van der Waals surface area contributed by atoms with Crippen LogP contribution in [0.15, 0.2) is 48.5 Å². The largest absolute Gasteiger partial charge is 0.497 e. The molecule has 0 bridgehead atoms. The SMILES string of the molecule is COc1ccc(OCC(=O)OCC(=O)N[C@@H](C)c2ccc(CC(C)C)cc2)cc1. The van der Waals surface area contributed by atoms with Crippen molar-refractivity contribution < 1.29 is 23.8 Å². The van der Waals surface area contributed by atoms with Gasteiger partial charge in [-0.2, -0.15) is 0 Å². The standard InChI is InChI=1S/C23H29NO5/c1-16(2)13-18-5-7-19(8-6-18)17(3)24-22(25)14-29-23(26)15-28-21-11-9-20(27-4)10-12-21/h5-12,16-17H,13-15H2,1-4H3,(H,24,25)/t17-/m0/s1. The maximum atomic E-state index is 12.0. The smallest absolute Gasteiger partial charge is 0.344 e. The minimum atomic E-state index is -0.610. The Bertz CT molecular complexity index is 784. The first kappa shape index (κ1) is 22.3. The van der Waals surface area contributed by atoms with E-state index in [9.17, 15) is 9.59 Å². The van der Waals surface area contributed by atoms with Crippen LogP contribution in [0.1, 0.15) is 37.9 Å². The van der Waals surface area contributed by atoms with E-state index in [0.29, 0.717) is 17.4 Å². The zero-order chi connectivity index (χ0) is 21.2. The van der Waals surface area contributed by atoms with E-state index in [-0.39, 0.29) is 25.2 Å². The molecule has 2 rings (SSSR count). The molecule has 6 heteroatoms. The van der Waals surface area contributed by atoms with Crippen LogP contribution in [0.25, 0.3) is 0 Å². The quantitative estimate of drug-likeness (QED) is 0.617. The van der Waals surface area contributed by atoms with E-state index >= 15 is 0 Å². The fourth-order valence-electron chi connectivity index (χ4n) is 2.78. The Labute approximate surface area is 172 Å². The summed E-state index contributed by atoms with van der Waals surface area (Å²) in [4.78, 5) is 23.8. The molecule has 0 saturated heterocycles. The molecule has 156 valence electrons. The highest BCUT2D eigenvalue weighted by Gasteiger charge is 2.13. The summed E-state index contributed by atoms with van der Waals surface area (Å²) >= 11 is 0. The summed E-state index contributed by atoms with van der Waals surface area (Å²) in [6, 6.07) is 14.8. The Morgan fingerprint density at radius 1 is 0.897 bits per heavy atom. The van der Waals surface area contributed by atoms with E-state index in [2.05, 4.69) is 31.3 Å². The van der Waals surface area contributed by atoms with Gasteiger partial charge in [-0.3, -0.25) is 4.79 Å². The first-order valence-corrected chi connectivity index (χ1v) is 9.68. The topological polar surface area (TPSA) is 73.9 Å². The Kier molecular flexibility index (Phi) is 8.52. The molecule has 1 amide bonds. The minimum absolute atomic E-state index is 0.176. The third-order valence-corrected chi connectivity index (χ3v) is 4.28. The van der Waals surface area contributed by atoms with Gasteiger partial charge in [0.2, 0.25) is 0 Å². The third kappa shape index (κ3) is 7.86. The third-order valence-electron chi connectivity index (χ3n) is 4.28. The Morgan fingerprint density at radius 3 is 2.10 bits per heavy atom. The Balaban J connectivity index is 1.71. The normalized spacial score (nSPS) is 11.6. The highest BCUT2D eigenvalue weighted by atomic mass is 16.6. The van der Waals surface area contributed by atoms with E-state index in [1.807, 2.05) is 19.1 Å². The number of nitrogens with one attached hydrogen (secondary N) is 1. The molecule has 0 spiro atoms. The fraction of sp³-hybridized carbons (Fsp3) is 0.391. The molecule has 0 aliphatic rings. The zero-order valence-corrected chi connectivity index (χ0v) is 17.4. The van der Waals surface area contributed by atoms with Crippen LogP contribution in [0.3, 0.4) is 0 Å². The lowest BCUT2D eigenvalue weighted by molar-refractivity contribution is -0.150. The minimum Gasteiger partial charge on any atom is -0.497 e. The number of carbonyl (C=O) groups excluding carboxylic acids is 2. The molecule has 0 unspecified atom stereocenters.